The molecule has 0 atom stereocenters. The molecule has 0 spiro atoms. The number of nitriles is 1. The van der Waals surface area contributed by atoms with Crippen molar-refractivity contribution in [1.82, 2.24) is 14.9 Å². The summed E-state index contributed by atoms with van der Waals surface area (Å²) < 4.78 is 1.83. The van der Waals surface area contributed by atoms with E-state index in [1.165, 1.54) is 11.1 Å². The number of nitrogens with zero attached hydrogens (tertiary/aromatic N) is 3. The number of rotatable bonds is 3. The lowest BCUT2D eigenvalue weighted by atomic mass is 10.0. The van der Waals surface area contributed by atoms with Crippen LogP contribution in [0, 0.1) is 11.3 Å². The number of nitrogens with one attached hydrogen (secondary N) is 2. The summed E-state index contributed by atoms with van der Waals surface area (Å²) >= 11 is 0. The minimum atomic E-state index is -0.190. The van der Waals surface area contributed by atoms with E-state index in [1.54, 1.807) is 12.3 Å². The molecule has 1 saturated carbocycles. The number of fused-ring (bicyclic) bond motifs is 2. The van der Waals surface area contributed by atoms with Gasteiger partial charge in [-0.2, -0.15) is 5.26 Å². The third kappa shape index (κ3) is 3.28. The molecule has 3 heterocycles. The summed E-state index contributed by atoms with van der Waals surface area (Å²) in [6.07, 6.45) is 6.98. The highest BCUT2D eigenvalue weighted by Crippen LogP contribution is 2.32. The topological polar surface area (TPSA) is 82.7 Å². The van der Waals surface area contributed by atoms with E-state index in [0.717, 1.165) is 61.8 Å². The van der Waals surface area contributed by atoms with Crippen LogP contribution < -0.4 is 16.2 Å². The van der Waals surface area contributed by atoms with Crippen LogP contribution in [0.3, 0.4) is 0 Å². The predicted octanol–water partition coefficient (Wildman–Crippen LogP) is 3.77. The van der Waals surface area contributed by atoms with Crippen molar-refractivity contribution < 1.29 is 0 Å². The van der Waals surface area contributed by atoms with Gasteiger partial charge >= 0.3 is 0 Å². The smallest absolute Gasteiger partial charge is 0.269 e. The molecule has 29 heavy (non-hydrogen) atoms. The monoisotopic (exact) mass is 385 g/mol. The Labute approximate surface area is 169 Å². The first kappa shape index (κ1) is 17.9. The van der Waals surface area contributed by atoms with Crippen molar-refractivity contribution in [2.75, 3.05) is 11.9 Å². The molecule has 2 aliphatic rings. The van der Waals surface area contributed by atoms with E-state index in [9.17, 15) is 10.1 Å². The van der Waals surface area contributed by atoms with E-state index in [-0.39, 0.29) is 17.2 Å². The van der Waals surface area contributed by atoms with Gasteiger partial charge in [-0.3, -0.25) is 4.79 Å². The molecular formula is C23H23N5O. The quantitative estimate of drug-likeness (QED) is 0.717. The highest BCUT2D eigenvalue weighted by Gasteiger charge is 2.22. The maximum absolute atomic E-state index is 12.9. The number of hydrogen-bond donors (Lipinski definition) is 2. The molecule has 0 unspecified atom stereocenters. The van der Waals surface area contributed by atoms with Crippen molar-refractivity contribution in [3.05, 3.63) is 63.6 Å². The highest BCUT2D eigenvalue weighted by molar-refractivity contribution is 5.82. The summed E-state index contributed by atoms with van der Waals surface area (Å²) in [5.41, 5.74) is 4.55. The molecule has 1 fully saturated rings. The Bertz CT molecular complexity index is 1180. The van der Waals surface area contributed by atoms with Crippen LogP contribution in [-0.4, -0.2) is 16.1 Å². The average molecular weight is 385 g/mol. The minimum absolute atomic E-state index is 0.157. The van der Waals surface area contributed by atoms with Crippen LogP contribution in [0.5, 0.6) is 0 Å². The van der Waals surface area contributed by atoms with Crippen molar-refractivity contribution in [3.8, 4) is 6.07 Å². The lowest BCUT2D eigenvalue weighted by Gasteiger charge is -2.19. The van der Waals surface area contributed by atoms with Gasteiger partial charge in [-0.25, -0.2) is 4.98 Å². The Hall–Kier alpha value is -3.17. The lowest BCUT2D eigenvalue weighted by Crippen LogP contribution is -2.26. The summed E-state index contributed by atoms with van der Waals surface area (Å²) in [4.78, 5) is 17.5. The Balaban J connectivity index is 1.57. The van der Waals surface area contributed by atoms with Crippen molar-refractivity contribution in [2.45, 2.75) is 44.7 Å². The fourth-order valence-electron chi connectivity index (χ4n) is 4.61. The van der Waals surface area contributed by atoms with E-state index < -0.39 is 0 Å². The molecular weight excluding hydrogens is 362 g/mol. The molecule has 1 aromatic carbocycles. The number of pyridine rings is 2. The second-order valence-electron chi connectivity index (χ2n) is 7.95. The predicted molar refractivity (Wildman–Crippen MR) is 113 cm³/mol. The van der Waals surface area contributed by atoms with E-state index >= 15 is 0 Å². The first-order valence-electron chi connectivity index (χ1n) is 10.3. The maximum atomic E-state index is 12.9. The normalized spacial score (nSPS) is 16.5. The van der Waals surface area contributed by atoms with Gasteiger partial charge in [0.25, 0.3) is 5.56 Å². The van der Waals surface area contributed by atoms with Crippen LogP contribution in [0.15, 0.2) is 41.3 Å². The average Bonchev–Trinajstić information content (AvgIpc) is 3.27. The Morgan fingerprint density at radius 2 is 2.03 bits per heavy atom. The maximum Gasteiger partial charge on any atom is 0.269 e. The fourth-order valence-corrected chi connectivity index (χ4v) is 4.61. The zero-order valence-corrected chi connectivity index (χ0v) is 16.2. The molecule has 0 saturated heterocycles. The molecule has 6 heteroatoms. The number of benzene rings is 1. The van der Waals surface area contributed by atoms with Gasteiger partial charge in [0.05, 0.1) is 5.52 Å². The standard InChI is InChI=1S/C23H23N5O/c24-12-17-9-18-14-26-22(11-21(18)28(23(17)29)20-3-1-2-4-20)27-19-6-5-16-13-25-8-7-15(16)10-19/h5-6,9-11,14,20,25H,1-4,7-8,13H2,(H,26,27). The van der Waals surface area contributed by atoms with E-state index in [1.807, 2.05) is 10.6 Å². The van der Waals surface area contributed by atoms with Gasteiger partial charge in [0.15, 0.2) is 0 Å². The van der Waals surface area contributed by atoms with Gasteiger partial charge in [0.1, 0.15) is 17.5 Å². The largest absolute Gasteiger partial charge is 0.340 e. The molecule has 2 aromatic heterocycles. The van der Waals surface area contributed by atoms with Crippen LogP contribution in [0.25, 0.3) is 10.9 Å². The molecule has 0 amide bonds. The molecule has 3 aromatic rings. The minimum Gasteiger partial charge on any atom is -0.340 e. The molecule has 0 bridgehead atoms. The summed E-state index contributed by atoms with van der Waals surface area (Å²) in [5, 5.41) is 17.0. The first-order valence-corrected chi connectivity index (χ1v) is 10.3. The summed E-state index contributed by atoms with van der Waals surface area (Å²) in [5.74, 6) is 0.710. The van der Waals surface area contributed by atoms with Gasteiger partial charge in [-0.1, -0.05) is 18.9 Å². The van der Waals surface area contributed by atoms with Crippen LogP contribution in [-0.2, 0) is 13.0 Å². The fraction of sp³-hybridized carbons (Fsp3) is 0.348. The van der Waals surface area contributed by atoms with Crippen LogP contribution in [0.1, 0.15) is 48.4 Å². The summed E-state index contributed by atoms with van der Waals surface area (Å²) in [7, 11) is 0. The second-order valence-corrected chi connectivity index (χ2v) is 7.95. The lowest BCUT2D eigenvalue weighted by molar-refractivity contribution is 0.519. The Kier molecular flexibility index (Phi) is 4.53. The third-order valence-electron chi connectivity index (χ3n) is 6.10. The first-order chi connectivity index (χ1) is 14.2. The zero-order chi connectivity index (χ0) is 19.8. The van der Waals surface area contributed by atoms with E-state index in [2.05, 4.69) is 39.9 Å². The van der Waals surface area contributed by atoms with E-state index in [0.29, 0.717) is 5.82 Å². The van der Waals surface area contributed by atoms with E-state index in [4.69, 9.17) is 0 Å². The molecule has 1 aliphatic heterocycles. The van der Waals surface area contributed by atoms with Crippen LogP contribution >= 0.6 is 0 Å². The van der Waals surface area contributed by atoms with Gasteiger partial charge < -0.3 is 15.2 Å². The number of hydrogen-bond acceptors (Lipinski definition) is 5. The van der Waals surface area contributed by atoms with Gasteiger partial charge in [0, 0.05) is 35.9 Å². The highest BCUT2D eigenvalue weighted by atomic mass is 16.1. The molecule has 2 N–H and O–H groups in total. The van der Waals surface area contributed by atoms with Crippen LogP contribution in [0.4, 0.5) is 11.5 Å². The third-order valence-corrected chi connectivity index (χ3v) is 6.10. The van der Waals surface area contributed by atoms with Crippen molar-refractivity contribution in [3.63, 3.8) is 0 Å². The molecule has 1 aliphatic carbocycles. The number of anilines is 2. The SMILES string of the molecule is N#Cc1cc2cnc(Nc3ccc4c(c3)CCNC4)cc2n(C2CCCC2)c1=O. The van der Waals surface area contributed by atoms with Gasteiger partial charge in [-0.05, 0) is 55.1 Å². The van der Waals surface area contributed by atoms with Crippen molar-refractivity contribution >= 4 is 22.4 Å². The molecule has 6 nitrogen and oxygen atoms in total. The molecule has 146 valence electrons. The summed E-state index contributed by atoms with van der Waals surface area (Å²) in [6, 6.07) is 12.2. The summed E-state index contributed by atoms with van der Waals surface area (Å²) in [6.45, 7) is 1.91. The zero-order valence-electron chi connectivity index (χ0n) is 16.2. The molecule has 5 rings (SSSR count). The van der Waals surface area contributed by atoms with Gasteiger partial charge in [0.2, 0.25) is 0 Å². The van der Waals surface area contributed by atoms with Crippen LogP contribution in [0.2, 0.25) is 0 Å². The number of aromatic nitrogens is 2. The second kappa shape index (κ2) is 7.34. The Morgan fingerprint density at radius 3 is 2.86 bits per heavy atom. The van der Waals surface area contributed by atoms with Gasteiger partial charge in [-0.15, -0.1) is 0 Å². The van der Waals surface area contributed by atoms with Crippen molar-refractivity contribution in [2.24, 2.45) is 0 Å². The van der Waals surface area contributed by atoms with Crippen molar-refractivity contribution in [1.29, 1.82) is 5.26 Å². The molecule has 0 radical (unpaired) electrons. The Morgan fingerprint density at radius 1 is 1.17 bits per heavy atom.